The molecule has 2 aromatic carbocycles. The van der Waals surface area contributed by atoms with Crippen molar-refractivity contribution in [3.8, 4) is 0 Å². The van der Waals surface area contributed by atoms with Crippen molar-refractivity contribution in [3.05, 3.63) is 65.2 Å². The lowest BCUT2D eigenvalue weighted by Gasteiger charge is -2.28. The maximum Gasteiger partial charge on any atom is 0.243 e. The van der Waals surface area contributed by atoms with Crippen molar-refractivity contribution >= 4 is 33.2 Å². The number of para-hydroxylation sites is 1. The molecular weight excluding hydrogens is 348 g/mol. The highest BCUT2D eigenvalue weighted by Crippen LogP contribution is 2.20. The van der Waals surface area contributed by atoms with Crippen LogP contribution in [0.1, 0.15) is 12.5 Å². The van der Waals surface area contributed by atoms with Gasteiger partial charge >= 0.3 is 0 Å². The summed E-state index contributed by atoms with van der Waals surface area (Å²) < 4.78 is 25.4. The monoisotopic (exact) mass is 366 g/mol. The predicted molar refractivity (Wildman–Crippen MR) is 96.5 cm³/mol. The second-order valence-electron chi connectivity index (χ2n) is 5.38. The summed E-state index contributed by atoms with van der Waals surface area (Å²) in [5.41, 5.74) is 1.21. The van der Waals surface area contributed by atoms with Gasteiger partial charge in [-0.1, -0.05) is 48.0 Å². The van der Waals surface area contributed by atoms with Crippen LogP contribution in [0.3, 0.4) is 0 Å². The van der Waals surface area contributed by atoms with Gasteiger partial charge in [0, 0.05) is 11.6 Å². The number of sulfonamides is 1. The third-order valence-electron chi connectivity index (χ3n) is 3.51. The summed E-state index contributed by atoms with van der Waals surface area (Å²) in [5.74, 6) is -0.399. The summed E-state index contributed by atoms with van der Waals surface area (Å²) in [7, 11) is -3.61. The molecule has 1 amide bonds. The van der Waals surface area contributed by atoms with Gasteiger partial charge in [0.15, 0.2) is 0 Å². The summed E-state index contributed by atoms with van der Waals surface area (Å²) in [6.45, 7) is 1.78. The molecule has 24 heavy (non-hydrogen) atoms. The molecule has 0 fully saturated rings. The van der Waals surface area contributed by atoms with Crippen LogP contribution in [-0.4, -0.2) is 26.6 Å². The topological polar surface area (TPSA) is 66.5 Å². The van der Waals surface area contributed by atoms with E-state index in [9.17, 15) is 13.2 Å². The molecule has 0 spiro atoms. The van der Waals surface area contributed by atoms with E-state index in [2.05, 4.69) is 5.32 Å². The van der Waals surface area contributed by atoms with Crippen molar-refractivity contribution < 1.29 is 13.2 Å². The van der Waals surface area contributed by atoms with Crippen LogP contribution in [0, 0.1) is 0 Å². The summed E-state index contributed by atoms with van der Waals surface area (Å²) in [6, 6.07) is 14.8. The number of nitrogens with zero attached hydrogens (tertiary/aromatic N) is 1. The fraction of sp³-hybridized carbons (Fsp3) is 0.235. The smallest absolute Gasteiger partial charge is 0.243 e. The van der Waals surface area contributed by atoms with Crippen molar-refractivity contribution in [1.29, 1.82) is 0 Å². The van der Waals surface area contributed by atoms with Gasteiger partial charge in [0.25, 0.3) is 0 Å². The Morgan fingerprint density at radius 2 is 1.71 bits per heavy atom. The minimum atomic E-state index is -3.61. The summed E-state index contributed by atoms with van der Waals surface area (Å²) in [6.07, 6.45) is 1.08. The minimum Gasteiger partial charge on any atom is -0.350 e. The molecular formula is C17H19ClN2O3S. The van der Waals surface area contributed by atoms with E-state index in [1.54, 1.807) is 55.5 Å². The van der Waals surface area contributed by atoms with E-state index in [1.165, 1.54) is 0 Å². The van der Waals surface area contributed by atoms with Crippen LogP contribution in [0.4, 0.5) is 5.69 Å². The van der Waals surface area contributed by atoms with E-state index in [-0.39, 0.29) is 6.54 Å². The Hall–Kier alpha value is -2.05. The summed E-state index contributed by atoms with van der Waals surface area (Å²) in [4.78, 5) is 12.4. The van der Waals surface area contributed by atoms with E-state index >= 15 is 0 Å². The first-order valence-electron chi connectivity index (χ1n) is 7.36. The van der Waals surface area contributed by atoms with Gasteiger partial charge in [0.2, 0.25) is 15.9 Å². The normalized spacial score (nSPS) is 12.5. The van der Waals surface area contributed by atoms with Crippen LogP contribution in [0.2, 0.25) is 5.02 Å². The number of hydrogen-bond acceptors (Lipinski definition) is 3. The lowest BCUT2D eigenvalue weighted by Crippen LogP contribution is -2.47. The molecule has 0 heterocycles. The Kier molecular flexibility index (Phi) is 5.85. The standard InChI is InChI=1S/C17H19ClN2O3S/c1-13(17(21)19-12-14-8-6-7-11-16(14)18)20(24(2,22)23)15-9-4-3-5-10-15/h3-11,13H,12H2,1-2H3,(H,19,21)/t13-/m1/s1. The van der Waals surface area contributed by atoms with Crippen molar-refractivity contribution in [2.45, 2.75) is 19.5 Å². The number of carbonyl (C=O) groups excluding carboxylic acids is 1. The Bertz CT molecular complexity index is 810. The second kappa shape index (κ2) is 7.68. The molecule has 7 heteroatoms. The van der Waals surface area contributed by atoms with Gasteiger partial charge in [0.05, 0.1) is 11.9 Å². The van der Waals surface area contributed by atoms with Gasteiger partial charge in [-0.25, -0.2) is 8.42 Å². The number of nitrogens with one attached hydrogen (secondary N) is 1. The van der Waals surface area contributed by atoms with Crippen molar-refractivity contribution in [2.24, 2.45) is 0 Å². The number of hydrogen-bond donors (Lipinski definition) is 1. The molecule has 5 nitrogen and oxygen atoms in total. The molecule has 0 radical (unpaired) electrons. The van der Waals surface area contributed by atoms with Gasteiger partial charge in [-0.05, 0) is 30.7 Å². The highest BCUT2D eigenvalue weighted by Gasteiger charge is 2.28. The zero-order chi connectivity index (χ0) is 17.7. The van der Waals surface area contributed by atoms with E-state index in [4.69, 9.17) is 11.6 Å². The number of anilines is 1. The molecule has 0 bridgehead atoms. The van der Waals surface area contributed by atoms with Gasteiger partial charge < -0.3 is 5.32 Å². The van der Waals surface area contributed by atoms with E-state index < -0.39 is 22.0 Å². The van der Waals surface area contributed by atoms with Crippen LogP contribution in [0.5, 0.6) is 0 Å². The molecule has 0 aliphatic rings. The molecule has 2 aromatic rings. The average molecular weight is 367 g/mol. The molecule has 0 aliphatic carbocycles. The Balaban J connectivity index is 2.16. The number of halogens is 1. The molecule has 128 valence electrons. The van der Waals surface area contributed by atoms with Crippen molar-refractivity contribution in [1.82, 2.24) is 5.32 Å². The molecule has 2 rings (SSSR count). The maximum absolute atomic E-state index is 12.4. The largest absolute Gasteiger partial charge is 0.350 e. The van der Waals surface area contributed by atoms with Gasteiger partial charge in [-0.15, -0.1) is 0 Å². The van der Waals surface area contributed by atoms with Crippen LogP contribution < -0.4 is 9.62 Å². The second-order valence-corrected chi connectivity index (χ2v) is 7.65. The maximum atomic E-state index is 12.4. The van der Waals surface area contributed by atoms with Crippen molar-refractivity contribution in [3.63, 3.8) is 0 Å². The van der Waals surface area contributed by atoms with Crippen LogP contribution >= 0.6 is 11.6 Å². The summed E-state index contributed by atoms with van der Waals surface area (Å²) in [5, 5.41) is 3.28. The summed E-state index contributed by atoms with van der Waals surface area (Å²) >= 11 is 6.06. The molecule has 0 unspecified atom stereocenters. The first-order valence-corrected chi connectivity index (χ1v) is 9.59. The highest BCUT2D eigenvalue weighted by molar-refractivity contribution is 7.92. The van der Waals surface area contributed by atoms with Gasteiger partial charge in [-0.2, -0.15) is 0 Å². The molecule has 1 atom stereocenters. The number of amides is 1. The highest BCUT2D eigenvalue weighted by atomic mass is 35.5. The van der Waals surface area contributed by atoms with Crippen LogP contribution in [0.15, 0.2) is 54.6 Å². The van der Waals surface area contributed by atoms with Gasteiger partial charge in [-0.3, -0.25) is 9.10 Å². The molecule has 0 aliphatic heterocycles. The first kappa shape index (κ1) is 18.3. The molecule has 1 N–H and O–H groups in total. The third kappa shape index (κ3) is 4.49. The minimum absolute atomic E-state index is 0.231. The molecule has 0 saturated carbocycles. The lowest BCUT2D eigenvalue weighted by atomic mass is 10.2. The van der Waals surface area contributed by atoms with Gasteiger partial charge in [0.1, 0.15) is 6.04 Å². The molecule has 0 aromatic heterocycles. The van der Waals surface area contributed by atoms with E-state index in [0.29, 0.717) is 10.7 Å². The SMILES string of the molecule is C[C@H](C(=O)NCc1ccccc1Cl)N(c1ccccc1)S(C)(=O)=O. The van der Waals surface area contributed by atoms with Crippen molar-refractivity contribution in [2.75, 3.05) is 10.6 Å². The zero-order valence-corrected chi connectivity index (χ0v) is 15.0. The quantitative estimate of drug-likeness (QED) is 0.854. The third-order valence-corrected chi connectivity index (χ3v) is 5.12. The molecule has 0 saturated heterocycles. The van der Waals surface area contributed by atoms with E-state index in [0.717, 1.165) is 16.1 Å². The zero-order valence-electron chi connectivity index (χ0n) is 13.4. The lowest BCUT2D eigenvalue weighted by molar-refractivity contribution is -0.122. The van der Waals surface area contributed by atoms with Crippen LogP contribution in [-0.2, 0) is 21.4 Å². The number of benzene rings is 2. The fourth-order valence-corrected chi connectivity index (χ4v) is 3.73. The Morgan fingerprint density at radius 3 is 2.29 bits per heavy atom. The fourth-order valence-electron chi connectivity index (χ4n) is 2.36. The number of carbonyl (C=O) groups is 1. The van der Waals surface area contributed by atoms with E-state index in [1.807, 2.05) is 6.07 Å². The average Bonchev–Trinajstić information content (AvgIpc) is 2.53. The Morgan fingerprint density at radius 1 is 1.12 bits per heavy atom. The predicted octanol–water partition coefficient (Wildman–Crippen LogP) is 2.81. The van der Waals surface area contributed by atoms with Crippen LogP contribution in [0.25, 0.3) is 0 Å². The first-order chi connectivity index (χ1) is 11.3. The number of rotatable bonds is 6. The Labute approximate surface area is 147 Å².